The molecule has 6 heteroatoms. The van der Waals surface area contributed by atoms with E-state index in [0.717, 1.165) is 5.57 Å². The minimum absolute atomic E-state index is 0.0912. The van der Waals surface area contributed by atoms with Gasteiger partial charge in [-0.15, -0.1) is 0 Å². The molecule has 4 aliphatic rings. The number of esters is 1. The van der Waals surface area contributed by atoms with E-state index < -0.39 is 40.5 Å². The first-order valence-electron chi connectivity index (χ1n) is 10.5. The number of ketones is 2. The van der Waals surface area contributed by atoms with Gasteiger partial charge in [-0.25, -0.2) is 4.39 Å². The van der Waals surface area contributed by atoms with Crippen LogP contribution in [0.15, 0.2) is 23.8 Å². The summed E-state index contributed by atoms with van der Waals surface area (Å²) in [6, 6.07) is 0. The molecule has 0 bridgehead atoms. The molecule has 0 amide bonds. The van der Waals surface area contributed by atoms with Crippen molar-refractivity contribution in [3.05, 3.63) is 23.8 Å². The third-order valence-corrected chi connectivity index (χ3v) is 8.68. The molecule has 3 saturated carbocycles. The van der Waals surface area contributed by atoms with Crippen molar-refractivity contribution in [2.75, 3.05) is 6.61 Å². The van der Waals surface area contributed by atoms with E-state index in [4.69, 9.17) is 4.74 Å². The molecule has 29 heavy (non-hydrogen) atoms. The number of allylic oxidation sites excluding steroid dienone is 4. The Labute approximate surface area is 170 Å². The Morgan fingerprint density at radius 3 is 2.62 bits per heavy atom. The summed E-state index contributed by atoms with van der Waals surface area (Å²) in [7, 11) is 0. The third kappa shape index (κ3) is 2.57. The summed E-state index contributed by atoms with van der Waals surface area (Å²) in [6.45, 7) is 4.55. The number of carbonyl (C=O) groups excluding carboxylic acids is 3. The summed E-state index contributed by atoms with van der Waals surface area (Å²) in [5.41, 5.74) is -3.84. The molecule has 158 valence electrons. The number of aliphatic hydroxyl groups is 1. The number of hydrogen-bond donors (Lipinski definition) is 1. The number of carbonyl (C=O) groups is 3. The monoisotopic (exact) mass is 404 g/mol. The maximum Gasteiger partial charge on any atom is 0.303 e. The van der Waals surface area contributed by atoms with E-state index in [1.807, 2.05) is 13.8 Å². The number of ether oxygens (including phenoxy) is 1. The van der Waals surface area contributed by atoms with Crippen LogP contribution < -0.4 is 0 Å². The predicted molar refractivity (Wildman–Crippen MR) is 104 cm³/mol. The van der Waals surface area contributed by atoms with E-state index in [0.29, 0.717) is 25.7 Å². The summed E-state index contributed by atoms with van der Waals surface area (Å²) in [4.78, 5) is 35.8. The summed E-state index contributed by atoms with van der Waals surface area (Å²) in [5.74, 6) is -1.58. The Morgan fingerprint density at radius 1 is 1.21 bits per heavy atom. The summed E-state index contributed by atoms with van der Waals surface area (Å²) in [6.07, 6.45) is 7.45. The van der Waals surface area contributed by atoms with E-state index in [1.165, 1.54) is 13.0 Å². The van der Waals surface area contributed by atoms with Crippen molar-refractivity contribution < 1.29 is 28.6 Å². The van der Waals surface area contributed by atoms with Gasteiger partial charge in [0.2, 0.25) is 5.78 Å². The first-order chi connectivity index (χ1) is 13.5. The zero-order valence-corrected chi connectivity index (χ0v) is 17.3. The highest BCUT2D eigenvalue weighted by Crippen LogP contribution is 2.69. The second-order valence-electron chi connectivity index (χ2n) is 9.74. The highest BCUT2D eigenvalue weighted by atomic mass is 19.1. The SMILES string of the molecule is CC(=O)OCC(=O)[C@@]1(O)CC[C@H]2[C@@H]3CCC4=CC(=O)C=C[C@]4(C)[C@@]3(F)CC[C@@]21C. The molecule has 4 rings (SSSR count). The van der Waals surface area contributed by atoms with Crippen LogP contribution in [0, 0.1) is 22.7 Å². The fourth-order valence-electron chi connectivity index (χ4n) is 6.85. The van der Waals surface area contributed by atoms with Crippen molar-refractivity contribution in [1.82, 2.24) is 0 Å². The third-order valence-electron chi connectivity index (χ3n) is 8.68. The van der Waals surface area contributed by atoms with E-state index in [9.17, 15) is 19.5 Å². The second kappa shape index (κ2) is 6.34. The van der Waals surface area contributed by atoms with Crippen LogP contribution in [0.5, 0.6) is 0 Å². The molecule has 5 nitrogen and oxygen atoms in total. The standard InChI is InChI=1S/C23H29FO5/c1-14(25)29-13-19(27)23(28)9-7-17-18-5-4-15-12-16(26)6-8-20(15,2)22(18,24)11-10-21(17,23)3/h6,8,12,17-18,28H,4-5,7,9-11,13H2,1-3H3/t17-,18-,20-,21-,22+,23-/m0/s1. The highest BCUT2D eigenvalue weighted by Gasteiger charge is 2.71. The normalized spacial score (nSPS) is 45.7. The Morgan fingerprint density at radius 2 is 1.93 bits per heavy atom. The van der Waals surface area contributed by atoms with Crippen molar-refractivity contribution in [2.24, 2.45) is 22.7 Å². The smallest absolute Gasteiger partial charge is 0.303 e. The van der Waals surface area contributed by atoms with Crippen LogP contribution in [0.2, 0.25) is 0 Å². The van der Waals surface area contributed by atoms with Crippen LogP contribution in [0.4, 0.5) is 4.39 Å². The maximum absolute atomic E-state index is 16.7. The molecule has 0 spiro atoms. The molecule has 4 aliphatic carbocycles. The molecule has 1 N–H and O–H groups in total. The van der Waals surface area contributed by atoms with Crippen LogP contribution >= 0.6 is 0 Å². The van der Waals surface area contributed by atoms with Crippen LogP contribution in [0.3, 0.4) is 0 Å². The number of alkyl halides is 1. The highest BCUT2D eigenvalue weighted by molar-refractivity contribution is 6.01. The van der Waals surface area contributed by atoms with Crippen LogP contribution in [0.1, 0.15) is 59.3 Å². The largest absolute Gasteiger partial charge is 0.458 e. The Bertz CT molecular complexity index is 846. The van der Waals surface area contributed by atoms with Gasteiger partial charge in [0.15, 0.2) is 12.4 Å². The quantitative estimate of drug-likeness (QED) is 0.731. The van der Waals surface area contributed by atoms with Crippen molar-refractivity contribution in [2.45, 2.75) is 70.6 Å². The molecule has 0 heterocycles. The minimum Gasteiger partial charge on any atom is -0.458 e. The lowest BCUT2D eigenvalue weighted by Crippen LogP contribution is -2.63. The maximum atomic E-state index is 16.7. The summed E-state index contributed by atoms with van der Waals surface area (Å²) in [5, 5.41) is 11.4. The van der Waals surface area contributed by atoms with E-state index in [-0.39, 0.29) is 30.5 Å². The Hall–Kier alpha value is -1.82. The van der Waals surface area contributed by atoms with Gasteiger partial charge in [-0.2, -0.15) is 0 Å². The predicted octanol–water partition coefficient (Wildman–Crippen LogP) is 3.25. The molecule has 0 saturated heterocycles. The number of hydrogen-bond acceptors (Lipinski definition) is 5. The molecule has 3 fully saturated rings. The second-order valence-corrected chi connectivity index (χ2v) is 9.74. The molecule has 0 aromatic carbocycles. The van der Waals surface area contributed by atoms with Crippen molar-refractivity contribution >= 4 is 17.5 Å². The van der Waals surface area contributed by atoms with E-state index >= 15 is 4.39 Å². The molecule has 6 atom stereocenters. The lowest BCUT2D eigenvalue weighted by molar-refractivity contribution is -0.180. The van der Waals surface area contributed by atoms with Gasteiger partial charge in [0, 0.05) is 17.8 Å². The lowest BCUT2D eigenvalue weighted by Gasteiger charge is -2.60. The zero-order valence-electron chi connectivity index (χ0n) is 17.3. The minimum atomic E-state index is -1.61. The van der Waals surface area contributed by atoms with Gasteiger partial charge in [-0.3, -0.25) is 14.4 Å². The van der Waals surface area contributed by atoms with Crippen LogP contribution in [0.25, 0.3) is 0 Å². The molecule has 0 radical (unpaired) electrons. The average molecular weight is 404 g/mol. The number of fused-ring (bicyclic) bond motifs is 5. The van der Waals surface area contributed by atoms with Gasteiger partial charge in [0.05, 0.1) is 0 Å². The Balaban J connectivity index is 1.67. The molecular weight excluding hydrogens is 375 g/mol. The van der Waals surface area contributed by atoms with E-state index in [1.54, 1.807) is 12.2 Å². The van der Waals surface area contributed by atoms with Crippen LogP contribution in [-0.2, 0) is 19.1 Å². The summed E-state index contributed by atoms with van der Waals surface area (Å²) >= 11 is 0. The number of Topliss-reactive ketones (excluding diaryl/α,β-unsaturated/α-hetero) is 1. The van der Waals surface area contributed by atoms with Gasteiger partial charge < -0.3 is 9.84 Å². The van der Waals surface area contributed by atoms with Gasteiger partial charge in [-0.1, -0.05) is 18.6 Å². The number of halogens is 1. The molecule has 0 aromatic heterocycles. The first-order valence-corrected chi connectivity index (χ1v) is 10.5. The van der Waals surface area contributed by atoms with Crippen molar-refractivity contribution in [3.63, 3.8) is 0 Å². The van der Waals surface area contributed by atoms with E-state index in [2.05, 4.69) is 0 Å². The average Bonchev–Trinajstić information content (AvgIpc) is 2.94. The first kappa shape index (κ1) is 20.5. The molecule has 0 aromatic rings. The molecule has 0 aliphatic heterocycles. The topological polar surface area (TPSA) is 80.7 Å². The van der Waals surface area contributed by atoms with Crippen LogP contribution in [-0.4, -0.2) is 40.5 Å². The van der Waals surface area contributed by atoms with Crippen molar-refractivity contribution in [1.29, 1.82) is 0 Å². The van der Waals surface area contributed by atoms with Gasteiger partial charge in [-0.05, 0) is 69.4 Å². The molecular formula is C23H29FO5. The fraction of sp³-hybridized carbons (Fsp3) is 0.696. The van der Waals surface area contributed by atoms with Gasteiger partial charge >= 0.3 is 5.97 Å². The summed E-state index contributed by atoms with van der Waals surface area (Å²) < 4.78 is 21.6. The number of rotatable bonds is 3. The zero-order chi connectivity index (χ0) is 21.2. The lowest BCUT2D eigenvalue weighted by atomic mass is 9.45. The van der Waals surface area contributed by atoms with Gasteiger partial charge in [0.1, 0.15) is 11.3 Å². The Kier molecular flexibility index (Phi) is 4.47. The van der Waals surface area contributed by atoms with Crippen molar-refractivity contribution in [3.8, 4) is 0 Å². The van der Waals surface area contributed by atoms with Gasteiger partial charge in [0.25, 0.3) is 0 Å². The fourth-order valence-corrected chi connectivity index (χ4v) is 6.85. The molecule has 0 unspecified atom stereocenters.